The smallest absolute Gasteiger partial charge is 0.386 e. The normalized spacial score (nSPS) is 16.3. The molecule has 1 unspecified atom stereocenters. The number of nitroso groups, excluding NO2 is 1. The summed E-state index contributed by atoms with van der Waals surface area (Å²) < 4.78 is 86.2. The van der Waals surface area contributed by atoms with Crippen molar-refractivity contribution in [3.63, 3.8) is 0 Å². The second kappa shape index (κ2) is 16.1. The highest BCUT2D eigenvalue weighted by Gasteiger charge is 2.39. The van der Waals surface area contributed by atoms with Crippen molar-refractivity contribution in [3.8, 4) is 0 Å². The number of hydrogen-bond donors (Lipinski definition) is 1. The Morgan fingerprint density at radius 2 is 1.59 bits per heavy atom. The van der Waals surface area contributed by atoms with E-state index < -0.39 is 54.1 Å². The molecule has 3 aromatic carbocycles. The number of likely N-dealkylation sites (tertiary alicyclic amines) is 1. The van der Waals surface area contributed by atoms with E-state index in [2.05, 4.69) is 15.2 Å². The Morgan fingerprint density at radius 3 is 2.14 bits per heavy atom. The van der Waals surface area contributed by atoms with E-state index in [1.165, 1.54) is 0 Å². The van der Waals surface area contributed by atoms with Crippen LogP contribution in [0.4, 0.5) is 26.3 Å². The van der Waals surface area contributed by atoms with Crippen LogP contribution in [0.2, 0.25) is 5.02 Å². The molecule has 2 N–H and O–H groups in total. The van der Waals surface area contributed by atoms with Crippen LogP contribution in [-0.4, -0.2) is 49.4 Å². The standard InChI is InChI=1S/C34H35ClF6N4O4/c1-22-15-24(7-8-29(22)35)28(9-12-45-13-10-32(44-47,11-14-45)25-5-3-2-4-6-25)30(43-49-21-31(42)46)20-48-19-23-16-26(33(36,37)38)18-27(17-23)34(39,40)41/h2-8,15-18,28H,9-14,19-21H2,1H3,(H2,42,46)/b43-30+. The molecule has 4 rings (SSSR count). The van der Waals surface area contributed by atoms with Crippen LogP contribution >= 0.6 is 11.6 Å². The maximum Gasteiger partial charge on any atom is 0.416 e. The minimum absolute atomic E-state index is 0.0443. The first-order valence-corrected chi connectivity index (χ1v) is 15.7. The van der Waals surface area contributed by atoms with Crippen LogP contribution in [0, 0.1) is 11.8 Å². The number of halogens is 7. The summed E-state index contributed by atoms with van der Waals surface area (Å²) in [5, 5.41) is 8.12. The van der Waals surface area contributed by atoms with Gasteiger partial charge >= 0.3 is 12.4 Å². The summed E-state index contributed by atoms with van der Waals surface area (Å²) in [6, 6.07) is 15.9. The number of aryl methyl sites for hydroxylation is 1. The van der Waals surface area contributed by atoms with Gasteiger partial charge in [0.25, 0.3) is 5.91 Å². The second-order valence-corrected chi connectivity index (χ2v) is 12.3. The topological polar surface area (TPSA) is 107 Å². The number of primary amides is 1. The molecule has 0 spiro atoms. The molecule has 0 radical (unpaired) electrons. The molecule has 1 saturated heterocycles. The fraction of sp³-hybridized carbons (Fsp3) is 0.412. The maximum atomic E-state index is 13.4. The van der Waals surface area contributed by atoms with E-state index in [0.717, 1.165) is 16.7 Å². The molecule has 49 heavy (non-hydrogen) atoms. The van der Waals surface area contributed by atoms with Gasteiger partial charge in [0.15, 0.2) is 6.61 Å². The van der Waals surface area contributed by atoms with Gasteiger partial charge in [-0.05, 0) is 79.3 Å². The number of rotatable bonds is 14. The Balaban J connectivity index is 1.57. The summed E-state index contributed by atoms with van der Waals surface area (Å²) in [7, 11) is 0. The van der Waals surface area contributed by atoms with E-state index in [4.69, 9.17) is 26.9 Å². The molecule has 3 aromatic rings. The fourth-order valence-electron chi connectivity index (χ4n) is 5.80. The molecule has 1 heterocycles. The van der Waals surface area contributed by atoms with Crippen molar-refractivity contribution in [2.24, 2.45) is 16.1 Å². The summed E-state index contributed by atoms with van der Waals surface area (Å²) >= 11 is 6.28. The molecule has 1 amide bonds. The number of benzene rings is 3. The van der Waals surface area contributed by atoms with E-state index in [1.807, 2.05) is 36.4 Å². The van der Waals surface area contributed by atoms with E-state index >= 15 is 0 Å². The molecule has 0 aliphatic carbocycles. The second-order valence-electron chi connectivity index (χ2n) is 11.9. The highest BCUT2D eigenvalue weighted by Crippen LogP contribution is 2.38. The van der Waals surface area contributed by atoms with Gasteiger partial charge in [0.1, 0.15) is 5.54 Å². The number of amides is 1. The molecular weight excluding hydrogens is 678 g/mol. The van der Waals surface area contributed by atoms with Crippen LogP contribution in [0.3, 0.4) is 0 Å². The van der Waals surface area contributed by atoms with Crippen molar-refractivity contribution in [1.82, 2.24) is 4.90 Å². The molecule has 1 aliphatic heterocycles. The minimum atomic E-state index is -5.01. The number of alkyl halides is 6. The van der Waals surface area contributed by atoms with Gasteiger partial charge in [0.05, 0.1) is 30.1 Å². The lowest BCUT2D eigenvalue weighted by Gasteiger charge is -2.37. The first-order valence-electron chi connectivity index (χ1n) is 15.3. The molecule has 0 aromatic heterocycles. The number of hydrogen-bond acceptors (Lipinski definition) is 7. The van der Waals surface area contributed by atoms with Crippen molar-refractivity contribution in [2.45, 2.75) is 56.6 Å². The average Bonchev–Trinajstić information content (AvgIpc) is 3.05. The van der Waals surface area contributed by atoms with Crippen LogP contribution in [-0.2, 0) is 38.9 Å². The predicted octanol–water partition coefficient (Wildman–Crippen LogP) is 7.99. The number of oxime groups is 1. The summed E-state index contributed by atoms with van der Waals surface area (Å²) in [6.45, 7) is 1.87. The van der Waals surface area contributed by atoms with Gasteiger partial charge in [0.2, 0.25) is 0 Å². The first kappa shape index (κ1) is 37.8. The van der Waals surface area contributed by atoms with Gasteiger partial charge in [0, 0.05) is 24.0 Å². The number of carbonyl (C=O) groups excluding carboxylic acids is 1. The zero-order valence-corrected chi connectivity index (χ0v) is 27.2. The highest BCUT2D eigenvalue weighted by molar-refractivity contribution is 6.31. The monoisotopic (exact) mass is 712 g/mol. The van der Waals surface area contributed by atoms with Gasteiger partial charge in [-0.25, -0.2) is 0 Å². The number of nitrogens with two attached hydrogens (primary N) is 1. The molecule has 0 saturated carbocycles. The van der Waals surface area contributed by atoms with Gasteiger partial charge in [-0.1, -0.05) is 64.4 Å². The van der Waals surface area contributed by atoms with E-state index in [9.17, 15) is 36.0 Å². The van der Waals surface area contributed by atoms with Gasteiger partial charge in [-0.3, -0.25) is 4.79 Å². The zero-order valence-electron chi connectivity index (χ0n) is 26.5. The van der Waals surface area contributed by atoms with Crippen molar-refractivity contribution in [3.05, 3.63) is 110 Å². The zero-order chi connectivity index (χ0) is 35.8. The van der Waals surface area contributed by atoms with E-state index in [-0.39, 0.29) is 23.9 Å². The lowest BCUT2D eigenvalue weighted by molar-refractivity contribution is -0.143. The quantitative estimate of drug-likeness (QED) is 0.0790. The fourth-order valence-corrected chi connectivity index (χ4v) is 5.91. The lowest BCUT2D eigenvalue weighted by Crippen LogP contribution is -2.42. The third-order valence-corrected chi connectivity index (χ3v) is 8.87. The van der Waals surface area contributed by atoms with Crippen LogP contribution < -0.4 is 5.73 Å². The third kappa shape index (κ3) is 10.2. The van der Waals surface area contributed by atoms with Crippen LogP contribution in [0.25, 0.3) is 0 Å². The van der Waals surface area contributed by atoms with Crippen molar-refractivity contribution in [2.75, 3.05) is 32.8 Å². The van der Waals surface area contributed by atoms with Crippen LogP contribution in [0.15, 0.2) is 77.1 Å². The third-order valence-electron chi connectivity index (χ3n) is 8.44. The number of carbonyl (C=O) groups is 1. The Bertz CT molecular complexity index is 1590. The van der Waals surface area contributed by atoms with Crippen LogP contribution in [0.5, 0.6) is 0 Å². The van der Waals surface area contributed by atoms with Crippen molar-refractivity contribution >= 4 is 23.2 Å². The molecule has 0 bridgehead atoms. The molecular formula is C34H35ClF6N4O4. The molecule has 1 fully saturated rings. The first-order chi connectivity index (χ1) is 23.1. The van der Waals surface area contributed by atoms with Gasteiger partial charge in [-0.2, -0.15) is 26.3 Å². The van der Waals surface area contributed by atoms with Crippen molar-refractivity contribution < 1.29 is 40.7 Å². The van der Waals surface area contributed by atoms with Crippen LogP contribution in [0.1, 0.15) is 58.6 Å². The largest absolute Gasteiger partial charge is 0.416 e. The molecule has 15 heteroatoms. The Hall–Kier alpha value is -4.01. The van der Waals surface area contributed by atoms with E-state index in [0.29, 0.717) is 56.1 Å². The number of nitrogens with zero attached hydrogens (tertiary/aromatic N) is 3. The summed E-state index contributed by atoms with van der Waals surface area (Å²) in [5.41, 5.74) is 3.64. The summed E-state index contributed by atoms with van der Waals surface area (Å²) in [4.78, 5) is 30.7. The van der Waals surface area contributed by atoms with E-state index in [1.54, 1.807) is 19.1 Å². The molecule has 8 nitrogen and oxygen atoms in total. The molecule has 264 valence electrons. The van der Waals surface area contributed by atoms with Gasteiger partial charge < -0.3 is 20.2 Å². The summed E-state index contributed by atoms with van der Waals surface area (Å²) in [6.07, 6.45) is -8.63. The SMILES string of the molecule is Cc1cc(C(CCN2CCC(N=O)(c3ccccc3)CC2)/C(COCc2cc(C(F)(F)F)cc(C(F)(F)F)c2)=N/OCC(N)=O)ccc1Cl. The van der Waals surface area contributed by atoms with Crippen molar-refractivity contribution in [1.29, 1.82) is 0 Å². The number of ether oxygens (including phenoxy) is 1. The highest BCUT2D eigenvalue weighted by atomic mass is 35.5. The minimum Gasteiger partial charge on any atom is -0.386 e. The Kier molecular flexibility index (Phi) is 12.4. The Labute approximate surface area is 284 Å². The maximum absolute atomic E-state index is 13.4. The molecule has 1 atom stereocenters. The average molecular weight is 713 g/mol. The Morgan fingerprint density at radius 1 is 0.959 bits per heavy atom. The van der Waals surface area contributed by atoms with Gasteiger partial charge in [-0.15, -0.1) is 4.91 Å². The summed E-state index contributed by atoms with van der Waals surface area (Å²) in [5.74, 6) is -1.35. The molecule has 1 aliphatic rings. The lowest BCUT2D eigenvalue weighted by atomic mass is 9.81. The number of piperidine rings is 1. The predicted molar refractivity (Wildman–Crippen MR) is 172 cm³/mol.